The monoisotopic (exact) mass is 309 g/mol. The molecule has 1 aromatic carbocycles. The third kappa shape index (κ3) is 4.48. The van der Waals surface area contributed by atoms with Gasteiger partial charge in [0.1, 0.15) is 31.7 Å². The lowest BCUT2D eigenvalue weighted by Crippen LogP contribution is -2.52. The second kappa shape index (κ2) is 6.83. The highest BCUT2D eigenvalue weighted by molar-refractivity contribution is 7.74. The molecule has 21 heavy (non-hydrogen) atoms. The molecule has 1 N–H and O–H groups in total. The van der Waals surface area contributed by atoms with Crippen LogP contribution in [-0.4, -0.2) is 40.6 Å². The highest BCUT2D eigenvalue weighted by Gasteiger charge is 2.31. The van der Waals surface area contributed by atoms with Crippen LogP contribution in [0, 0.1) is 6.92 Å². The van der Waals surface area contributed by atoms with E-state index in [0.717, 1.165) is 31.7 Å². The maximum Gasteiger partial charge on any atom is 0.130 e. The Balaban J connectivity index is 1.96. The zero-order valence-corrected chi connectivity index (χ0v) is 13.9. The number of piperidine rings is 1. The molecule has 0 bridgehead atoms. The number of hydroxylamine groups is 1. The van der Waals surface area contributed by atoms with Gasteiger partial charge in [0.25, 0.3) is 0 Å². The van der Waals surface area contributed by atoms with Crippen LogP contribution < -0.4 is 4.74 Å². The molecule has 1 aromatic rings. The normalized spacial score (nSPS) is 20.6. The highest BCUT2D eigenvalue weighted by atomic mass is 32.1. The number of ether oxygens (including phenoxy) is 1. The standard InChI is InChI=1S/C16H25N2O2S/c1-4-5-14-12-16(7-6-13(14)2)20-15-8-10-17(11-9-15)18(3,19)21/h4-7,12,15,19,21H,8-11H2,1-3H3/q+1/b5-4-. The smallest absolute Gasteiger partial charge is 0.130 e. The molecular weight excluding hydrogens is 284 g/mol. The fourth-order valence-electron chi connectivity index (χ4n) is 2.58. The van der Waals surface area contributed by atoms with Crippen LogP contribution in [0.2, 0.25) is 0 Å². The molecule has 116 valence electrons. The second-order valence-corrected chi connectivity index (χ2v) is 6.42. The first-order valence-electron chi connectivity index (χ1n) is 7.37. The Kier molecular flexibility index (Phi) is 5.32. The van der Waals surface area contributed by atoms with Gasteiger partial charge >= 0.3 is 0 Å². The molecule has 1 atom stereocenters. The van der Waals surface area contributed by atoms with Crippen molar-refractivity contribution in [2.45, 2.75) is 32.8 Å². The number of benzene rings is 1. The Morgan fingerprint density at radius 2 is 2.05 bits per heavy atom. The number of aryl methyl sites for hydroxylation is 1. The SMILES string of the molecule is C/C=C\c1cc(OC2CCN([N+](C)(O)S)CC2)ccc1C. The van der Waals surface area contributed by atoms with E-state index in [2.05, 4.69) is 37.9 Å². The molecule has 1 saturated heterocycles. The number of rotatable bonds is 4. The molecule has 0 aliphatic carbocycles. The minimum Gasteiger partial charge on any atom is -0.490 e. The van der Waals surface area contributed by atoms with Crippen LogP contribution in [0.15, 0.2) is 24.3 Å². The molecular formula is C16H25N2O2S+. The van der Waals surface area contributed by atoms with Gasteiger partial charge in [0.05, 0.1) is 13.1 Å². The second-order valence-electron chi connectivity index (χ2n) is 5.66. The maximum atomic E-state index is 9.82. The van der Waals surface area contributed by atoms with Crippen molar-refractivity contribution in [3.05, 3.63) is 35.4 Å². The van der Waals surface area contributed by atoms with Crippen LogP contribution in [0.3, 0.4) is 0 Å². The summed E-state index contributed by atoms with van der Waals surface area (Å²) in [6, 6.07) is 6.21. The summed E-state index contributed by atoms with van der Waals surface area (Å²) in [5, 5.41) is 11.7. The Morgan fingerprint density at radius 3 is 2.62 bits per heavy atom. The number of thiol groups is 1. The van der Waals surface area contributed by atoms with Gasteiger partial charge in [0, 0.05) is 12.8 Å². The number of nitrogens with zero attached hydrogens (tertiary/aromatic N) is 2. The van der Waals surface area contributed by atoms with Crippen molar-refractivity contribution < 1.29 is 14.1 Å². The van der Waals surface area contributed by atoms with E-state index in [1.54, 1.807) is 7.05 Å². The summed E-state index contributed by atoms with van der Waals surface area (Å²) < 4.78 is 5.68. The lowest BCUT2D eigenvalue weighted by Gasteiger charge is -2.36. The van der Waals surface area contributed by atoms with Crippen molar-refractivity contribution in [1.29, 1.82) is 0 Å². The molecule has 1 unspecified atom stereocenters. The maximum absolute atomic E-state index is 9.82. The lowest BCUT2D eigenvalue weighted by molar-refractivity contribution is -1.07. The van der Waals surface area contributed by atoms with Crippen LogP contribution in [-0.2, 0) is 0 Å². The topological polar surface area (TPSA) is 32.7 Å². The van der Waals surface area contributed by atoms with Gasteiger partial charge in [-0.05, 0) is 37.1 Å². The minimum absolute atomic E-state index is 0.197. The predicted molar refractivity (Wildman–Crippen MR) is 88.1 cm³/mol. The Labute approximate surface area is 132 Å². The molecule has 0 aromatic heterocycles. The van der Waals surface area contributed by atoms with Gasteiger partial charge in [-0.15, -0.1) is 5.01 Å². The van der Waals surface area contributed by atoms with Gasteiger partial charge in [-0.2, -0.15) is 5.21 Å². The van der Waals surface area contributed by atoms with Crippen molar-refractivity contribution in [3.8, 4) is 5.75 Å². The average molecular weight is 309 g/mol. The summed E-state index contributed by atoms with van der Waals surface area (Å²) in [6.07, 6.45) is 6.11. The van der Waals surface area contributed by atoms with Gasteiger partial charge in [0.2, 0.25) is 0 Å². The van der Waals surface area contributed by atoms with Gasteiger partial charge < -0.3 is 4.74 Å². The van der Waals surface area contributed by atoms with Gasteiger partial charge in [-0.3, -0.25) is 0 Å². The molecule has 1 aliphatic heterocycles. The molecule has 4 nitrogen and oxygen atoms in total. The van der Waals surface area contributed by atoms with Crippen molar-refractivity contribution in [2.24, 2.45) is 0 Å². The van der Waals surface area contributed by atoms with Crippen LogP contribution in [0.5, 0.6) is 5.75 Å². The molecule has 1 fully saturated rings. The summed E-state index contributed by atoms with van der Waals surface area (Å²) in [5.74, 6) is 0.916. The molecule has 5 heteroatoms. The minimum atomic E-state index is -0.400. The van der Waals surface area contributed by atoms with E-state index >= 15 is 0 Å². The molecule has 2 rings (SSSR count). The average Bonchev–Trinajstić information content (AvgIpc) is 2.42. The van der Waals surface area contributed by atoms with E-state index in [0.29, 0.717) is 0 Å². The summed E-state index contributed by atoms with van der Waals surface area (Å²) in [4.78, 5) is 0. The fraction of sp³-hybridized carbons (Fsp3) is 0.500. The molecule has 0 amide bonds. The van der Waals surface area contributed by atoms with Gasteiger partial charge in [0.15, 0.2) is 0 Å². The summed E-state index contributed by atoms with van der Waals surface area (Å²) in [6.45, 7) is 5.66. The number of hydrogen-bond acceptors (Lipinski definition) is 4. The highest BCUT2D eigenvalue weighted by Crippen LogP contribution is 2.24. The largest absolute Gasteiger partial charge is 0.490 e. The fourth-order valence-corrected chi connectivity index (χ4v) is 2.76. The van der Waals surface area contributed by atoms with Crippen molar-refractivity contribution in [3.63, 3.8) is 0 Å². The predicted octanol–water partition coefficient (Wildman–Crippen LogP) is 3.47. The third-order valence-electron chi connectivity index (χ3n) is 3.85. The molecule has 1 aliphatic rings. The molecule has 1 heterocycles. The van der Waals surface area contributed by atoms with E-state index in [1.165, 1.54) is 11.1 Å². The molecule has 0 saturated carbocycles. The molecule has 0 radical (unpaired) electrons. The van der Waals surface area contributed by atoms with Gasteiger partial charge in [-0.25, -0.2) is 0 Å². The Morgan fingerprint density at radius 1 is 1.38 bits per heavy atom. The van der Waals surface area contributed by atoms with E-state index in [-0.39, 0.29) is 6.10 Å². The first-order chi connectivity index (χ1) is 9.90. The number of hydrogen-bond donors (Lipinski definition) is 2. The van der Waals surface area contributed by atoms with E-state index in [9.17, 15) is 5.21 Å². The van der Waals surface area contributed by atoms with E-state index in [4.69, 9.17) is 4.74 Å². The first-order valence-corrected chi connectivity index (χ1v) is 7.77. The van der Waals surface area contributed by atoms with Crippen LogP contribution in [0.1, 0.15) is 30.9 Å². The summed E-state index contributed by atoms with van der Waals surface area (Å²) in [7, 11) is 1.65. The van der Waals surface area contributed by atoms with Gasteiger partial charge in [-0.1, -0.05) is 22.4 Å². The molecule has 0 spiro atoms. The van der Waals surface area contributed by atoms with E-state index in [1.807, 2.05) is 24.1 Å². The number of quaternary nitrogens is 1. The first kappa shape index (κ1) is 16.4. The van der Waals surface area contributed by atoms with Crippen molar-refractivity contribution >= 4 is 18.9 Å². The zero-order valence-electron chi connectivity index (χ0n) is 13.0. The Hall–Kier alpha value is -1.01. The summed E-state index contributed by atoms with van der Waals surface area (Å²) >= 11 is 4.15. The van der Waals surface area contributed by atoms with E-state index < -0.39 is 4.16 Å². The van der Waals surface area contributed by atoms with Crippen LogP contribution in [0.4, 0.5) is 0 Å². The zero-order chi connectivity index (χ0) is 15.5. The number of allylic oxidation sites excluding steroid dienone is 1. The third-order valence-corrected chi connectivity index (χ3v) is 4.11. The lowest BCUT2D eigenvalue weighted by atomic mass is 10.1. The van der Waals surface area contributed by atoms with Crippen molar-refractivity contribution in [2.75, 3.05) is 20.1 Å². The van der Waals surface area contributed by atoms with Crippen molar-refractivity contribution in [1.82, 2.24) is 5.01 Å². The van der Waals surface area contributed by atoms with Crippen LogP contribution >= 0.6 is 12.8 Å². The quantitative estimate of drug-likeness (QED) is 0.507. The van der Waals surface area contributed by atoms with Crippen LogP contribution in [0.25, 0.3) is 6.08 Å². The summed E-state index contributed by atoms with van der Waals surface area (Å²) in [5.41, 5.74) is 2.45. The Bertz CT molecular complexity index is 503.